The molecule has 0 aliphatic carbocycles. The van der Waals surface area contributed by atoms with Crippen molar-refractivity contribution in [1.82, 2.24) is 10.4 Å². The summed E-state index contributed by atoms with van der Waals surface area (Å²) in [5, 5.41) is 5.71. The molecule has 1 amide bonds. The SMILES string of the molecule is CCOc1cc(C=NNC(=O)c2[nH]c3c(OC)cccc3c2-c2ccccc2Cl)ccc1OC(=O)c1ccccc1Cl. The molecule has 2 N–H and O–H groups in total. The number of benzene rings is 4. The second kappa shape index (κ2) is 12.8. The van der Waals surface area contributed by atoms with Crippen molar-refractivity contribution in [2.75, 3.05) is 13.7 Å². The summed E-state index contributed by atoms with van der Waals surface area (Å²) >= 11 is 12.7. The Balaban J connectivity index is 1.40. The van der Waals surface area contributed by atoms with Crippen LogP contribution in [0.1, 0.15) is 33.3 Å². The number of carbonyl (C=O) groups excluding carboxylic acids is 2. The van der Waals surface area contributed by atoms with E-state index in [0.717, 1.165) is 5.39 Å². The number of ether oxygens (including phenoxy) is 3. The maximum Gasteiger partial charge on any atom is 0.345 e. The Hall–Kier alpha value is -4.79. The highest BCUT2D eigenvalue weighted by molar-refractivity contribution is 6.34. The molecule has 8 nitrogen and oxygen atoms in total. The Morgan fingerprint density at radius 3 is 2.40 bits per heavy atom. The lowest BCUT2D eigenvalue weighted by atomic mass is 10.0. The largest absolute Gasteiger partial charge is 0.495 e. The molecular weight excluding hydrogens is 577 g/mol. The predicted octanol–water partition coefficient (Wildman–Crippen LogP) is 7.53. The number of aromatic amines is 1. The number of rotatable bonds is 9. The van der Waals surface area contributed by atoms with Gasteiger partial charge in [0.2, 0.25) is 0 Å². The molecule has 1 aromatic heterocycles. The third-order valence-corrected chi connectivity index (χ3v) is 6.99. The molecule has 5 aromatic rings. The Morgan fingerprint density at radius 1 is 0.905 bits per heavy atom. The van der Waals surface area contributed by atoms with Gasteiger partial charge in [-0.05, 0) is 55.0 Å². The van der Waals surface area contributed by atoms with Crippen molar-refractivity contribution >= 4 is 52.2 Å². The van der Waals surface area contributed by atoms with Gasteiger partial charge in [0.1, 0.15) is 11.4 Å². The zero-order chi connectivity index (χ0) is 29.6. The molecule has 0 fully saturated rings. The molecule has 0 atom stereocenters. The third kappa shape index (κ3) is 5.95. The predicted molar refractivity (Wildman–Crippen MR) is 164 cm³/mol. The van der Waals surface area contributed by atoms with Gasteiger partial charge in [0.05, 0.1) is 36.0 Å². The minimum Gasteiger partial charge on any atom is -0.495 e. The lowest BCUT2D eigenvalue weighted by Crippen LogP contribution is -2.19. The van der Waals surface area contributed by atoms with Gasteiger partial charge in [-0.2, -0.15) is 5.10 Å². The van der Waals surface area contributed by atoms with Crippen molar-refractivity contribution in [2.45, 2.75) is 6.92 Å². The summed E-state index contributed by atoms with van der Waals surface area (Å²) in [6.07, 6.45) is 1.46. The number of aromatic nitrogens is 1. The van der Waals surface area contributed by atoms with E-state index < -0.39 is 11.9 Å². The van der Waals surface area contributed by atoms with E-state index in [1.165, 1.54) is 6.21 Å². The smallest absolute Gasteiger partial charge is 0.345 e. The second-order valence-electron chi connectivity index (χ2n) is 8.95. The lowest BCUT2D eigenvalue weighted by molar-refractivity contribution is 0.0728. The molecule has 0 saturated heterocycles. The number of H-pyrrole nitrogens is 1. The normalized spacial score (nSPS) is 11.0. The summed E-state index contributed by atoms with van der Waals surface area (Å²) in [5.74, 6) is 0.0488. The van der Waals surface area contributed by atoms with Crippen LogP contribution in [0.25, 0.3) is 22.0 Å². The second-order valence-corrected chi connectivity index (χ2v) is 9.76. The van der Waals surface area contributed by atoms with Crippen LogP contribution >= 0.6 is 23.2 Å². The van der Waals surface area contributed by atoms with E-state index >= 15 is 0 Å². The standard InChI is InChI=1S/C32H25Cl2N3O5/c1-3-41-27-17-19(15-16-25(27)42-32(39)21-10-5-7-13-24(21)34)18-35-37-31(38)30-28(20-9-4-6-12-23(20)33)22-11-8-14-26(40-2)29(22)36-30/h4-18,36H,3H2,1-2H3,(H,37,38). The highest BCUT2D eigenvalue weighted by atomic mass is 35.5. The number of amides is 1. The summed E-state index contributed by atoms with van der Waals surface area (Å²) in [5.41, 5.74) is 5.67. The molecule has 0 spiro atoms. The van der Waals surface area contributed by atoms with Crippen LogP contribution in [0.3, 0.4) is 0 Å². The fourth-order valence-electron chi connectivity index (χ4n) is 4.44. The molecule has 0 aliphatic heterocycles. The summed E-state index contributed by atoms with van der Waals surface area (Å²) < 4.78 is 16.7. The first-order chi connectivity index (χ1) is 20.4. The van der Waals surface area contributed by atoms with E-state index in [1.807, 2.05) is 37.3 Å². The van der Waals surface area contributed by atoms with E-state index in [9.17, 15) is 9.59 Å². The average molecular weight is 602 g/mol. The number of nitrogens with zero attached hydrogens (tertiary/aromatic N) is 1. The highest BCUT2D eigenvalue weighted by Gasteiger charge is 2.22. The van der Waals surface area contributed by atoms with Gasteiger partial charge in [-0.3, -0.25) is 4.79 Å². The number of carbonyl (C=O) groups is 2. The van der Waals surface area contributed by atoms with Gasteiger partial charge in [0.15, 0.2) is 11.5 Å². The molecule has 0 unspecified atom stereocenters. The molecule has 212 valence electrons. The Labute approximate surface area is 251 Å². The number of nitrogens with one attached hydrogen (secondary N) is 2. The molecule has 42 heavy (non-hydrogen) atoms. The zero-order valence-corrected chi connectivity index (χ0v) is 24.1. The summed E-state index contributed by atoms with van der Waals surface area (Å²) in [7, 11) is 1.56. The Bertz CT molecular complexity index is 1820. The van der Waals surface area contributed by atoms with Crippen LogP contribution in [0.4, 0.5) is 0 Å². The highest BCUT2D eigenvalue weighted by Crippen LogP contribution is 2.39. The fraction of sp³-hybridized carbons (Fsp3) is 0.0938. The van der Waals surface area contributed by atoms with E-state index in [2.05, 4.69) is 15.5 Å². The number of hydrazone groups is 1. The third-order valence-electron chi connectivity index (χ3n) is 6.33. The van der Waals surface area contributed by atoms with Gasteiger partial charge in [0, 0.05) is 21.5 Å². The summed E-state index contributed by atoms with van der Waals surface area (Å²) in [6, 6.07) is 24.4. The van der Waals surface area contributed by atoms with Crippen LogP contribution in [0.5, 0.6) is 17.2 Å². The van der Waals surface area contributed by atoms with Crippen molar-refractivity contribution in [3.8, 4) is 28.4 Å². The van der Waals surface area contributed by atoms with Crippen LogP contribution in [-0.2, 0) is 0 Å². The van der Waals surface area contributed by atoms with E-state index in [-0.39, 0.29) is 22.0 Å². The molecule has 0 aliphatic rings. The quantitative estimate of drug-likeness (QED) is 0.0786. The number of hydrogen-bond acceptors (Lipinski definition) is 6. The number of esters is 1. The maximum absolute atomic E-state index is 13.4. The molecule has 10 heteroatoms. The van der Waals surface area contributed by atoms with Crippen LogP contribution in [0, 0.1) is 0 Å². The Kier molecular flexibility index (Phi) is 8.76. The molecule has 5 rings (SSSR count). The molecule has 1 heterocycles. The summed E-state index contributed by atoms with van der Waals surface area (Å²) in [6.45, 7) is 2.15. The van der Waals surface area contributed by atoms with Crippen LogP contribution in [0.2, 0.25) is 10.0 Å². The number of fused-ring (bicyclic) bond motifs is 1. The zero-order valence-electron chi connectivity index (χ0n) is 22.6. The van der Waals surface area contributed by atoms with Crippen LogP contribution in [-0.4, -0.2) is 36.8 Å². The molecular formula is C32H25Cl2N3O5. The monoisotopic (exact) mass is 601 g/mol. The lowest BCUT2D eigenvalue weighted by Gasteiger charge is -2.12. The van der Waals surface area contributed by atoms with Crippen LogP contribution < -0.4 is 19.6 Å². The van der Waals surface area contributed by atoms with E-state index in [1.54, 1.807) is 61.7 Å². The van der Waals surface area contributed by atoms with Gasteiger partial charge in [-0.1, -0.05) is 65.7 Å². The Morgan fingerprint density at radius 2 is 1.67 bits per heavy atom. The first kappa shape index (κ1) is 28.7. The van der Waals surface area contributed by atoms with Crippen molar-refractivity contribution in [3.05, 3.63) is 112 Å². The molecule has 4 aromatic carbocycles. The minimum absolute atomic E-state index is 0.222. The molecule has 0 radical (unpaired) electrons. The van der Waals surface area contributed by atoms with E-state index in [0.29, 0.717) is 45.3 Å². The van der Waals surface area contributed by atoms with Crippen LogP contribution in [0.15, 0.2) is 90.0 Å². The first-order valence-corrected chi connectivity index (χ1v) is 13.7. The molecule has 0 saturated carbocycles. The number of methoxy groups -OCH3 is 1. The first-order valence-electron chi connectivity index (χ1n) is 12.9. The summed E-state index contributed by atoms with van der Waals surface area (Å²) in [4.78, 5) is 29.2. The maximum atomic E-state index is 13.4. The average Bonchev–Trinajstić information content (AvgIpc) is 3.39. The van der Waals surface area contributed by atoms with Gasteiger partial charge < -0.3 is 19.2 Å². The van der Waals surface area contributed by atoms with E-state index in [4.69, 9.17) is 37.4 Å². The van der Waals surface area contributed by atoms with Crippen molar-refractivity contribution in [3.63, 3.8) is 0 Å². The number of halogens is 2. The fourth-order valence-corrected chi connectivity index (χ4v) is 4.88. The van der Waals surface area contributed by atoms with Gasteiger partial charge in [-0.15, -0.1) is 0 Å². The number of hydrogen-bond donors (Lipinski definition) is 2. The van der Waals surface area contributed by atoms with Crippen molar-refractivity contribution in [2.24, 2.45) is 5.10 Å². The van der Waals surface area contributed by atoms with Gasteiger partial charge in [0.25, 0.3) is 5.91 Å². The molecule has 0 bridgehead atoms. The topological polar surface area (TPSA) is 102 Å². The minimum atomic E-state index is -0.612. The number of para-hydroxylation sites is 1. The van der Waals surface area contributed by atoms with Gasteiger partial charge in [-0.25, -0.2) is 10.2 Å². The van der Waals surface area contributed by atoms with Crippen molar-refractivity contribution in [1.29, 1.82) is 0 Å². The van der Waals surface area contributed by atoms with Crippen molar-refractivity contribution < 1.29 is 23.8 Å². The van der Waals surface area contributed by atoms with Gasteiger partial charge >= 0.3 is 5.97 Å².